The summed E-state index contributed by atoms with van der Waals surface area (Å²) in [5, 5.41) is 13.9. The van der Waals surface area contributed by atoms with Gasteiger partial charge in [0.2, 0.25) is 0 Å². The molecule has 0 aliphatic heterocycles. The third kappa shape index (κ3) is 4.12. The van der Waals surface area contributed by atoms with Crippen molar-refractivity contribution in [3.8, 4) is 0 Å². The van der Waals surface area contributed by atoms with Crippen LogP contribution in [0.25, 0.3) is 0 Å². The van der Waals surface area contributed by atoms with Gasteiger partial charge < -0.3 is 11.1 Å². The molecule has 0 aromatic heterocycles. The van der Waals surface area contributed by atoms with E-state index in [4.69, 9.17) is 5.73 Å². The second-order valence-electron chi connectivity index (χ2n) is 4.21. The molecule has 0 aliphatic rings. The molecule has 0 spiro atoms. The largest absolute Gasteiger partial charge is 0.378 e. The van der Waals surface area contributed by atoms with E-state index in [2.05, 4.69) is 27.9 Å². The monoisotopic (exact) mass is 349 g/mol. The number of hydrogen-bond acceptors (Lipinski definition) is 4. The number of nitrogens with two attached hydrogens (primary N) is 1. The fourth-order valence-corrected chi connectivity index (χ4v) is 1.74. The lowest BCUT2D eigenvalue weighted by molar-refractivity contribution is -0.384. The van der Waals surface area contributed by atoms with Crippen LogP contribution in [-0.2, 0) is 0 Å². The first-order valence-electron chi connectivity index (χ1n) is 5.35. The second-order valence-corrected chi connectivity index (χ2v) is 5.45. The van der Waals surface area contributed by atoms with Crippen molar-refractivity contribution in [1.82, 2.24) is 0 Å². The molecule has 0 heterocycles. The number of halogens is 1. The minimum Gasteiger partial charge on any atom is -0.378 e. The Kier molecular flexibility index (Phi) is 5.13. The summed E-state index contributed by atoms with van der Waals surface area (Å²) in [5.41, 5.74) is 6.50. The lowest BCUT2D eigenvalue weighted by Gasteiger charge is -2.16. The van der Waals surface area contributed by atoms with Gasteiger partial charge in [-0.25, -0.2) is 0 Å². The van der Waals surface area contributed by atoms with Gasteiger partial charge in [-0.1, -0.05) is 13.8 Å². The molecule has 17 heavy (non-hydrogen) atoms. The third-order valence-corrected chi connectivity index (χ3v) is 3.21. The average molecular weight is 349 g/mol. The first-order valence-corrected chi connectivity index (χ1v) is 6.43. The maximum Gasteiger partial charge on any atom is 0.293 e. The predicted molar refractivity (Wildman–Crippen MR) is 77.1 cm³/mol. The van der Waals surface area contributed by atoms with Crippen molar-refractivity contribution >= 4 is 34.0 Å². The number of nitro groups is 1. The van der Waals surface area contributed by atoms with Crippen molar-refractivity contribution in [3.05, 3.63) is 31.9 Å². The summed E-state index contributed by atoms with van der Waals surface area (Å²) in [6, 6.07) is 5.07. The molecule has 1 atom stereocenters. The van der Waals surface area contributed by atoms with Crippen LogP contribution in [0.5, 0.6) is 0 Å². The van der Waals surface area contributed by atoms with Gasteiger partial charge in [-0.3, -0.25) is 10.1 Å². The first-order chi connectivity index (χ1) is 7.91. The molecule has 0 radical (unpaired) electrons. The molecule has 1 aromatic rings. The molecule has 5 nitrogen and oxygen atoms in total. The Hall–Kier alpha value is -0.890. The van der Waals surface area contributed by atoms with Crippen LogP contribution in [-0.4, -0.2) is 17.5 Å². The zero-order valence-electron chi connectivity index (χ0n) is 9.81. The smallest absolute Gasteiger partial charge is 0.293 e. The van der Waals surface area contributed by atoms with E-state index >= 15 is 0 Å². The van der Waals surface area contributed by atoms with Crippen molar-refractivity contribution in [2.24, 2.45) is 11.7 Å². The number of anilines is 1. The number of rotatable bonds is 5. The van der Waals surface area contributed by atoms with Crippen LogP contribution < -0.4 is 11.1 Å². The van der Waals surface area contributed by atoms with Gasteiger partial charge in [0, 0.05) is 22.2 Å². The van der Waals surface area contributed by atoms with Crippen LogP contribution >= 0.6 is 22.6 Å². The van der Waals surface area contributed by atoms with Gasteiger partial charge in [0.1, 0.15) is 5.69 Å². The molecule has 0 aliphatic carbocycles. The number of benzene rings is 1. The predicted octanol–water partition coefficient (Wildman–Crippen LogP) is 2.59. The summed E-state index contributed by atoms with van der Waals surface area (Å²) in [5.74, 6) is 0.338. The van der Waals surface area contributed by atoms with Gasteiger partial charge in [0.15, 0.2) is 0 Å². The van der Waals surface area contributed by atoms with Crippen molar-refractivity contribution < 1.29 is 4.92 Å². The third-order valence-electron chi connectivity index (χ3n) is 2.54. The maximum absolute atomic E-state index is 10.9. The van der Waals surface area contributed by atoms with Gasteiger partial charge in [-0.15, -0.1) is 0 Å². The molecular weight excluding hydrogens is 333 g/mol. The highest BCUT2D eigenvalue weighted by atomic mass is 127. The minimum atomic E-state index is -0.384. The highest BCUT2D eigenvalue weighted by Gasteiger charge is 2.15. The highest BCUT2D eigenvalue weighted by Crippen LogP contribution is 2.26. The molecule has 0 bridgehead atoms. The van der Waals surface area contributed by atoms with E-state index in [1.54, 1.807) is 12.1 Å². The fraction of sp³-hybridized carbons (Fsp3) is 0.455. The van der Waals surface area contributed by atoms with Crippen LogP contribution in [0.3, 0.4) is 0 Å². The molecule has 0 saturated heterocycles. The van der Waals surface area contributed by atoms with Gasteiger partial charge in [-0.2, -0.15) is 0 Å². The molecule has 6 heteroatoms. The summed E-state index contributed by atoms with van der Waals surface area (Å²) in [6.45, 7) is 4.57. The quantitative estimate of drug-likeness (QED) is 0.486. The zero-order valence-corrected chi connectivity index (χ0v) is 12.0. The van der Waals surface area contributed by atoms with Crippen LogP contribution in [0.1, 0.15) is 13.8 Å². The number of nitrogens with zero attached hydrogens (tertiary/aromatic N) is 1. The van der Waals surface area contributed by atoms with Crippen molar-refractivity contribution in [2.75, 3.05) is 11.9 Å². The minimum absolute atomic E-state index is 0.0196. The van der Waals surface area contributed by atoms with E-state index in [1.807, 2.05) is 19.9 Å². The maximum atomic E-state index is 10.9. The Morgan fingerprint density at radius 2 is 2.18 bits per heavy atom. The molecule has 3 N–H and O–H groups in total. The fourth-order valence-electron chi connectivity index (χ4n) is 1.27. The average Bonchev–Trinajstić information content (AvgIpc) is 2.26. The van der Waals surface area contributed by atoms with Crippen LogP contribution in [0.15, 0.2) is 18.2 Å². The summed E-state index contributed by atoms with van der Waals surface area (Å²) < 4.78 is 0.841. The number of nitro benzene ring substituents is 1. The van der Waals surface area contributed by atoms with Gasteiger partial charge in [0.05, 0.1) is 4.92 Å². The number of hydrogen-bond donors (Lipinski definition) is 2. The van der Waals surface area contributed by atoms with E-state index in [1.165, 1.54) is 0 Å². The van der Waals surface area contributed by atoms with E-state index in [0.29, 0.717) is 18.2 Å². The molecule has 1 unspecified atom stereocenters. The van der Waals surface area contributed by atoms with Crippen molar-refractivity contribution in [2.45, 2.75) is 19.9 Å². The summed E-state index contributed by atoms with van der Waals surface area (Å²) in [4.78, 5) is 10.5. The molecule has 0 fully saturated rings. The number of nitrogens with one attached hydrogen (secondary N) is 1. The normalized spacial score (nSPS) is 12.5. The summed E-state index contributed by atoms with van der Waals surface area (Å²) in [7, 11) is 0. The van der Waals surface area contributed by atoms with E-state index in [-0.39, 0.29) is 16.7 Å². The Balaban J connectivity index is 2.80. The molecule has 1 rings (SSSR count). The first kappa shape index (κ1) is 14.2. The molecule has 94 valence electrons. The summed E-state index contributed by atoms with van der Waals surface area (Å²) >= 11 is 2.05. The van der Waals surface area contributed by atoms with Crippen molar-refractivity contribution in [3.63, 3.8) is 0 Å². The highest BCUT2D eigenvalue weighted by molar-refractivity contribution is 14.1. The second kappa shape index (κ2) is 6.15. The van der Waals surface area contributed by atoms with Gasteiger partial charge >= 0.3 is 0 Å². The van der Waals surface area contributed by atoms with E-state index < -0.39 is 0 Å². The Labute approximate surface area is 114 Å². The summed E-state index contributed by atoms with van der Waals surface area (Å²) in [6.07, 6.45) is 0. The van der Waals surface area contributed by atoms with Crippen LogP contribution in [0.2, 0.25) is 0 Å². The van der Waals surface area contributed by atoms with Crippen molar-refractivity contribution in [1.29, 1.82) is 0 Å². The van der Waals surface area contributed by atoms with Gasteiger partial charge in [0.25, 0.3) is 5.69 Å². The van der Waals surface area contributed by atoms with Crippen LogP contribution in [0, 0.1) is 19.6 Å². The zero-order chi connectivity index (χ0) is 13.0. The SMILES string of the molecule is CC(C)C(N)CNc1ccc(I)cc1[N+](=O)[O-]. The molecule has 0 amide bonds. The molecule has 0 saturated carbocycles. The Bertz CT molecular complexity index is 410. The van der Waals surface area contributed by atoms with E-state index in [9.17, 15) is 10.1 Å². The van der Waals surface area contributed by atoms with E-state index in [0.717, 1.165) is 3.57 Å². The molecule has 1 aromatic carbocycles. The topological polar surface area (TPSA) is 81.2 Å². The lowest BCUT2D eigenvalue weighted by Crippen LogP contribution is -2.34. The standard InChI is InChI=1S/C11H16IN3O2/c1-7(2)9(13)6-14-10-4-3-8(12)5-11(10)15(16)17/h3-5,7,9,14H,6,13H2,1-2H3. The van der Waals surface area contributed by atoms with Gasteiger partial charge in [-0.05, 0) is 40.6 Å². The molecular formula is C11H16IN3O2. The van der Waals surface area contributed by atoms with Crippen LogP contribution in [0.4, 0.5) is 11.4 Å². The Morgan fingerprint density at radius 3 is 2.71 bits per heavy atom. The Morgan fingerprint density at radius 1 is 1.53 bits per heavy atom. The lowest BCUT2D eigenvalue weighted by atomic mass is 10.1.